The van der Waals surface area contributed by atoms with Gasteiger partial charge in [0.2, 0.25) is 5.91 Å². The molecule has 0 spiro atoms. The molecule has 0 bridgehead atoms. The molecule has 1 heterocycles. The summed E-state index contributed by atoms with van der Waals surface area (Å²) >= 11 is 0. The monoisotopic (exact) mass is 183 g/mol. The Hall–Kier alpha value is -0.530. The van der Waals surface area contributed by atoms with E-state index in [1.165, 1.54) is 0 Å². The van der Waals surface area contributed by atoms with Gasteiger partial charge in [-0.25, -0.2) is 0 Å². The van der Waals surface area contributed by atoms with Gasteiger partial charge in [0.15, 0.2) is 0 Å². The first-order valence-corrected chi connectivity index (χ1v) is 5.20. The van der Waals surface area contributed by atoms with Crippen LogP contribution in [-0.2, 0) is 4.79 Å². The predicted molar refractivity (Wildman–Crippen MR) is 54.4 cm³/mol. The number of carbonyl (C=O) groups excluding carboxylic acids is 1. The molecule has 2 nitrogen and oxygen atoms in total. The molecule has 1 unspecified atom stereocenters. The van der Waals surface area contributed by atoms with Crippen molar-refractivity contribution in [2.45, 2.75) is 40.5 Å². The molecule has 0 aromatic heterocycles. The quantitative estimate of drug-likeness (QED) is 0.663. The van der Waals surface area contributed by atoms with Crippen LogP contribution in [0.2, 0.25) is 0 Å². The van der Waals surface area contributed by atoms with Crippen LogP contribution < -0.4 is 5.32 Å². The average Bonchev–Trinajstić information content (AvgIpc) is 2.02. The Bertz CT molecular complexity index is 193. The molecule has 13 heavy (non-hydrogen) atoms. The van der Waals surface area contributed by atoms with Gasteiger partial charge in [-0.3, -0.25) is 4.79 Å². The van der Waals surface area contributed by atoms with Crippen molar-refractivity contribution >= 4 is 5.91 Å². The van der Waals surface area contributed by atoms with Gasteiger partial charge in [-0.1, -0.05) is 27.7 Å². The molecule has 0 aromatic rings. The summed E-state index contributed by atoms with van der Waals surface area (Å²) in [7, 11) is 0. The van der Waals surface area contributed by atoms with Gasteiger partial charge in [0, 0.05) is 12.5 Å². The molecule has 0 aliphatic carbocycles. The summed E-state index contributed by atoms with van der Waals surface area (Å²) < 4.78 is 0. The lowest BCUT2D eigenvalue weighted by molar-refractivity contribution is -0.129. The third kappa shape index (κ3) is 2.45. The average molecular weight is 183 g/mol. The van der Waals surface area contributed by atoms with E-state index in [9.17, 15) is 4.79 Å². The summed E-state index contributed by atoms with van der Waals surface area (Å²) in [5.74, 6) is 0.954. The summed E-state index contributed by atoms with van der Waals surface area (Å²) in [4.78, 5) is 11.6. The second-order valence-corrected chi connectivity index (χ2v) is 5.19. The molecule has 0 aromatic carbocycles. The van der Waals surface area contributed by atoms with Gasteiger partial charge >= 0.3 is 0 Å². The van der Waals surface area contributed by atoms with Gasteiger partial charge in [-0.2, -0.15) is 0 Å². The van der Waals surface area contributed by atoms with Crippen LogP contribution in [0.3, 0.4) is 0 Å². The van der Waals surface area contributed by atoms with Crippen LogP contribution in [0.5, 0.6) is 0 Å². The summed E-state index contributed by atoms with van der Waals surface area (Å²) in [5, 5.41) is 2.95. The highest BCUT2D eigenvalue weighted by Gasteiger charge is 2.34. The maximum Gasteiger partial charge on any atom is 0.223 e. The minimum atomic E-state index is 0.230. The first-order chi connectivity index (χ1) is 5.93. The largest absolute Gasteiger partial charge is 0.356 e. The molecule has 1 rings (SSSR count). The Kier molecular flexibility index (Phi) is 2.99. The molecule has 1 fully saturated rings. The number of piperidine rings is 1. The van der Waals surface area contributed by atoms with Crippen LogP contribution in [0.25, 0.3) is 0 Å². The number of nitrogens with one attached hydrogen (secondary N) is 1. The standard InChI is InChI=1S/C11H21NO/c1-8(11(2,3)4)9-6-5-7-12-10(9)13/h8-9H,5-7H2,1-4H3,(H,12,13)/t8?,9-/m0/s1. The zero-order valence-corrected chi connectivity index (χ0v) is 9.18. The van der Waals surface area contributed by atoms with E-state index in [2.05, 4.69) is 33.0 Å². The van der Waals surface area contributed by atoms with E-state index < -0.39 is 0 Å². The normalized spacial score (nSPS) is 26.8. The number of carbonyl (C=O) groups is 1. The third-order valence-corrected chi connectivity index (χ3v) is 3.30. The third-order valence-electron chi connectivity index (χ3n) is 3.30. The molecule has 0 saturated carbocycles. The Morgan fingerprint density at radius 2 is 2.08 bits per heavy atom. The molecule has 0 radical (unpaired) electrons. The highest BCUT2D eigenvalue weighted by molar-refractivity contribution is 5.79. The first-order valence-electron chi connectivity index (χ1n) is 5.20. The van der Waals surface area contributed by atoms with Crippen LogP contribution in [0.15, 0.2) is 0 Å². The highest BCUT2D eigenvalue weighted by atomic mass is 16.1. The van der Waals surface area contributed by atoms with E-state index in [1.54, 1.807) is 0 Å². The lowest BCUT2D eigenvalue weighted by Gasteiger charge is -2.35. The minimum Gasteiger partial charge on any atom is -0.356 e. The zero-order chi connectivity index (χ0) is 10.1. The fourth-order valence-electron chi connectivity index (χ4n) is 1.88. The van der Waals surface area contributed by atoms with Crippen molar-refractivity contribution in [1.82, 2.24) is 5.32 Å². The maximum absolute atomic E-state index is 11.6. The van der Waals surface area contributed by atoms with Gasteiger partial charge in [0.1, 0.15) is 0 Å². The Labute approximate surface area is 81.1 Å². The molecule has 1 amide bonds. The molecule has 2 atom stereocenters. The smallest absolute Gasteiger partial charge is 0.223 e. The fourth-order valence-corrected chi connectivity index (χ4v) is 1.88. The Morgan fingerprint density at radius 3 is 2.54 bits per heavy atom. The topological polar surface area (TPSA) is 29.1 Å². The summed E-state index contributed by atoms with van der Waals surface area (Å²) in [5.41, 5.74) is 0.235. The van der Waals surface area contributed by atoms with Crippen molar-refractivity contribution in [2.24, 2.45) is 17.3 Å². The number of hydrogen-bond donors (Lipinski definition) is 1. The second kappa shape index (κ2) is 3.69. The number of rotatable bonds is 1. The number of hydrogen-bond acceptors (Lipinski definition) is 1. The zero-order valence-electron chi connectivity index (χ0n) is 9.18. The summed E-state index contributed by atoms with van der Waals surface area (Å²) in [6.45, 7) is 9.68. The first kappa shape index (κ1) is 10.6. The van der Waals surface area contributed by atoms with Gasteiger partial charge in [0.25, 0.3) is 0 Å². The lowest BCUT2D eigenvalue weighted by Crippen LogP contribution is -2.42. The van der Waals surface area contributed by atoms with E-state index in [4.69, 9.17) is 0 Å². The molecule has 1 aliphatic rings. The SMILES string of the molecule is CC([C@@H]1CCCNC1=O)C(C)(C)C. The van der Waals surface area contributed by atoms with Crippen molar-refractivity contribution in [3.05, 3.63) is 0 Å². The van der Waals surface area contributed by atoms with E-state index >= 15 is 0 Å². The van der Waals surface area contributed by atoms with Crippen LogP contribution in [0.1, 0.15) is 40.5 Å². The van der Waals surface area contributed by atoms with Crippen molar-refractivity contribution in [1.29, 1.82) is 0 Å². The Morgan fingerprint density at radius 1 is 1.46 bits per heavy atom. The van der Waals surface area contributed by atoms with Crippen molar-refractivity contribution < 1.29 is 4.79 Å². The van der Waals surface area contributed by atoms with Gasteiger partial charge < -0.3 is 5.32 Å². The van der Waals surface area contributed by atoms with Gasteiger partial charge in [0.05, 0.1) is 0 Å². The van der Waals surface area contributed by atoms with E-state index in [0.29, 0.717) is 5.92 Å². The van der Waals surface area contributed by atoms with E-state index in [0.717, 1.165) is 19.4 Å². The molecule has 2 heteroatoms. The van der Waals surface area contributed by atoms with Crippen LogP contribution in [0, 0.1) is 17.3 Å². The molecular weight excluding hydrogens is 162 g/mol. The fraction of sp³-hybridized carbons (Fsp3) is 0.909. The van der Waals surface area contributed by atoms with E-state index in [-0.39, 0.29) is 17.2 Å². The van der Waals surface area contributed by atoms with Crippen molar-refractivity contribution in [2.75, 3.05) is 6.54 Å². The molecule has 1 N–H and O–H groups in total. The van der Waals surface area contributed by atoms with Crippen molar-refractivity contribution in [3.63, 3.8) is 0 Å². The molecule has 76 valence electrons. The van der Waals surface area contributed by atoms with Gasteiger partial charge in [-0.05, 0) is 24.2 Å². The second-order valence-electron chi connectivity index (χ2n) is 5.19. The summed E-state index contributed by atoms with van der Waals surface area (Å²) in [6.07, 6.45) is 2.20. The van der Waals surface area contributed by atoms with Gasteiger partial charge in [-0.15, -0.1) is 0 Å². The molecule has 1 aliphatic heterocycles. The lowest BCUT2D eigenvalue weighted by atomic mass is 9.72. The molecular formula is C11H21NO. The number of amides is 1. The maximum atomic E-state index is 11.6. The minimum absolute atomic E-state index is 0.230. The predicted octanol–water partition coefficient (Wildman–Crippen LogP) is 2.19. The van der Waals surface area contributed by atoms with Crippen LogP contribution in [-0.4, -0.2) is 12.5 Å². The van der Waals surface area contributed by atoms with Crippen LogP contribution in [0.4, 0.5) is 0 Å². The summed E-state index contributed by atoms with van der Waals surface area (Å²) in [6, 6.07) is 0. The van der Waals surface area contributed by atoms with Crippen molar-refractivity contribution in [3.8, 4) is 0 Å². The Balaban J connectivity index is 2.64. The molecule has 1 saturated heterocycles. The highest BCUT2D eigenvalue weighted by Crippen LogP contribution is 2.34. The van der Waals surface area contributed by atoms with E-state index in [1.807, 2.05) is 0 Å². The van der Waals surface area contributed by atoms with Crippen LogP contribution >= 0.6 is 0 Å².